The van der Waals surface area contributed by atoms with E-state index in [4.69, 9.17) is 4.74 Å². The van der Waals surface area contributed by atoms with Gasteiger partial charge in [0.1, 0.15) is 0 Å². The highest BCUT2D eigenvalue weighted by atomic mass is 16.5. The maximum absolute atomic E-state index is 5.03. The number of methoxy groups -OCH3 is 1. The molecule has 0 saturated carbocycles. The molecule has 4 heteroatoms. The van der Waals surface area contributed by atoms with E-state index in [1.165, 1.54) is 16.7 Å². The first kappa shape index (κ1) is 13.5. The molecule has 0 spiro atoms. The molecule has 0 aliphatic rings. The predicted octanol–water partition coefficient (Wildman–Crippen LogP) is 2.41. The molecular formula is C15H19N3O. The van der Waals surface area contributed by atoms with Gasteiger partial charge in [-0.1, -0.05) is 18.2 Å². The molecule has 0 saturated heterocycles. The molecule has 0 aliphatic heterocycles. The van der Waals surface area contributed by atoms with E-state index >= 15 is 0 Å². The summed E-state index contributed by atoms with van der Waals surface area (Å²) in [6, 6.07) is 10.2. The van der Waals surface area contributed by atoms with Crippen LogP contribution in [0, 0.1) is 13.8 Å². The third-order valence-electron chi connectivity index (χ3n) is 3.32. The van der Waals surface area contributed by atoms with Crippen LogP contribution < -0.4 is 10.1 Å². The molecule has 0 aliphatic carbocycles. The Kier molecular flexibility index (Phi) is 4.12. The Hall–Kier alpha value is -1.94. The molecule has 1 atom stereocenters. The van der Waals surface area contributed by atoms with Gasteiger partial charge in [0.05, 0.1) is 18.8 Å². The van der Waals surface area contributed by atoms with Crippen LogP contribution in [-0.4, -0.2) is 24.4 Å². The van der Waals surface area contributed by atoms with Crippen LogP contribution in [0.3, 0.4) is 0 Å². The average molecular weight is 257 g/mol. The third-order valence-corrected chi connectivity index (χ3v) is 3.32. The van der Waals surface area contributed by atoms with Crippen LogP contribution in [0.2, 0.25) is 0 Å². The Balaban J connectivity index is 2.34. The minimum Gasteiger partial charge on any atom is -0.480 e. The molecule has 1 aromatic heterocycles. The van der Waals surface area contributed by atoms with Gasteiger partial charge in [-0.3, -0.25) is 0 Å². The zero-order valence-electron chi connectivity index (χ0n) is 11.8. The van der Waals surface area contributed by atoms with Crippen molar-refractivity contribution < 1.29 is 4.74 Å². The number of ether oxygens (including phenoxy) is 1. The van der Waals surface area contributed by atoms with Crippen LogP contribution in [0.15, 0.2) is 30.3 Å². The molecule has 0 amide bonds. The van der Waals surface area contributed by atoms with E-state index in [-0.39, 0.29) is 6.04 Å². The summed E-state index contributed by atoms with van der Waals surface area (Å²) < 4.78 is 5.03. The van der Waals surface area contributed by atoms with Gasteiger partial charge >= 0.3 is 0 Å². The van der Waals surface area contributed by atoms with Crippen molar-refractivity contribution in [1.82, 2.24) is 15.5 Å². The first-order valence-corrected chi connectivity index (χ1v) is 6.27. The van der Waals surface area contributed by atoms with E-state index in [1.54, 1.807) is 7.11 Å². The van der Waals surface area contributed by atoms with Crippen LogP contribution >= 0.6 is 0 Å². The van der Waals surface area contributed by atoms with Gasteiger partial charge in [-0.25, -0.2) is 0 Å². The molecule has 100 valence electrons. The van der Waals surface area contributed by atoms with Crippen molar-refractivity contribution in [2.45, 2.75) is 19.9 Å². The second kappa shape index (κ2) is 5.80. The summed E-state index contributed by atoms with van der Waals surface area (Å²) in [5.41, 5.74) is 4.63. The lowest BCUT2D eigenvalue weighted by molar-refractivity contribution is 0.390. The molecule has 0 fully saturated rings. The van der Waals surface area contributed by atoms with Crippen LogP contribution in [0.4, 0.5) is 0 Å². The van der Waals surface area contributed by atoms with E-state index < -0.39 is 0 Å². The molecule has 2 aromatic rings. The lowest BCUT2D eigenvalue weighted by Crippen LogP contribution is -2.19. The quantitative estimate of drug-likeness (QED) is 0.913. The highest BCUT2D eigenvalue weighted by Crippen LogP contribution is 2.22. The monoisotopic (exact) mass is 257 g/mol. The second-order valence-electron chi connectivity index (χ2n) is 4.57. The summed E-state index contributed by atoms with van der Waals surface area (Å²) >= 11 is 0. The summed E-state index contributed by atoms with van der Waals surface area (Å²) in [7, 11) is 3.51. The Morgan fingerprint density at radius 3 is 2.37 bits per heavy atom. The topological polar surface area (TPSA) is 47.0 Å². The van der Waals surface area contributed by atoms with E-state index in [0.717, 1.165) is 5.69 Å². The summed E-state index contributed by atoms with van der Waals surface area (Å²) in [6.07, 6.45) is 0. The molecule has 4 nitrogen and oxygen atoms in total. The van der Waals surface area contributed by atoms with Crippen molar-refractivity contribution in [2.75, 3.05) is 14.2 Å². The van der Waals surface area contributed by atoms with Crippen molar-refractivity contribution in [2.24, 2.45) is 0 Å². The Labute approximate surface area is 113 Å². The lowest BCUT2D eigenvalue weighted by atomic mass is 9.99. The van der Waals surface area contributed by atoms with E-state index in [9.17, 15) is 0 Å². The summed E-state index contributed by atoms with van der Waals surface area (Å²) in [6.45, 7) is 4.23. The maximum Gasteiger partial charge on any atom is 0.233 e. The number of nitrogens with one attached hydrogen (secondary N) is 1. The molecule has 1 N–H and O–H groups in total. The molecule has 2 rings (SSSR count). The molecule has 1 heterocycles. The number of rotatable bonds is 4. The Morgan fingerprint density at radius 2 is 1.84 bits per heavy atom. The van der Waals surface area contributed by atoms with Gasteiger partial charge in [-0.15, -0.1) is 10.2 Å². The van der Waals surface area contributed by atoms with Gasteiger partial charge < -0.3 is 10.1 Å². The smallest absolute Gasteiger partial charge is 0.233 e. The SMILES string of the molecule is CNC(c1ccc(C)c(C)c1)c1ccc(OC)nn1. The van der Waals surface area contributed by atoms with E-state index in [1.807, 2.05) is 19.2 Å². The summed E-state index contributed by atoms with van der Waals surface area (Å²) in [5.74, 6) is 0.527. The number of aryl methyl sites for hydroxylation is 2. The summed E-state index contributed by atoms with van der Waals surface area (Å²) in [4.78, 5) is 0. The number of hydrogen-bond acceptors (Lipinski definition) is 4. The van der Waals surface area contributed by atoms with Crippen molar-refractivity contribution in [1.29, 1.82) is 0 Å². The van der Waals surface area contributed by atoms with Crippen molar-refractivity contribution in [3.63, 3.8) is 0 Å². The highest BCUT2D eigenvalue weighted by Gasteiger charge is 2.14. The predicted molar refractivity (Wildman–Crippen MR) is 75.4 cm³/mol. The Morgan fingerprint density at radius 1 is 1.05 bits per heavy atom. The van der Waals surface area contributed by atoms with Crippen molar-refractivity contribution >= 4 is 0 Å². The van der Waals surface area contributed by atoms with Crippen LogP contribution in [-0.2, 0) is 0 Å². The fourth-order valence-corrected chi connectivity index (χ4v) is 2.02. The number of hydrogen-bond donors (Lipinski definition) is 1. The van der Waals surface area contributed by atoms with Gasteiger partial charge in [0.15, 0.2) is 0 Å². The molecule has 1 aromatic carbocycles. The van der Waals surface area contributed by atoms with Crippen molar-refractivity contribution in [3.8, 4) is 5.88 Å². The molecule has 0 bridgehead atoms. The molecule has 1 unspecified atom stereocenters. The van der Waals surface area contributed by atoms with Crippen LogP contribution in [0.1, 0.15) is 28.4 Å². The number of aromatic nitrogens is 2. The van der Waals surface area contributed by atoms with Gasteiger partial charge in [0.25, 0.3) is 0 Å². The zero-order valence-corrected chi connectivity index (χ0v) is 11.8. The first-order valence-electron chi connectivity index (χ1n) is 6.27. The first-order chi connectivity index (χ1) is 9.15. The van der Waals surface area contributed by atoms with E-state index in [0.29, 0.717) is 5.88 Å². The zero-order chi connectivity index (χ0) is 13.8. The minimum atomic E-state index is 0.0395. The van der Waals surface area contributed by atoms with Gasteiger partial charge in [0, 0.05) is 6.07 Å². The average Bonchev–Trinajstić information content (AvgIpc) is 2.44. The van der Waals surface area contributed by atoms with Gasteiger partial charge in [0.2, 0.25) is 5.88 Å². The van der Waals surface area contributed by atoms with Gasteiger partial charge in [-0.05, 0) is 43.7 Å². The largest absolute Gasteiger partial charge is 0.480 e. The normalized spacial score (nSPS) is 12.2. The van der Waals surface area contributed by atoms with Gasteiger partial charge in [-0.2, -0.15) is 0 Å². The standard InChI is InChI=1S/C15H19N3O/c1-10-5-6-12(9-11(10)2)15(16-3)13-7-8-14(19-4)18-17-13/h5-9,15-16H,1-4H3. The fraction of sp³-hybridized carbons (Fsp3) is 0.333. The number of nitrogens with zero attached hydrogens (tertiary/aromatic N) is 2. The van der Waals surface area contributed by atoms with Crippen LogP contribution in [0.25, 0.3) is 0 Å². The maximum atomic E-state index is 5.03. The third kappa shape index (κ3) is 2.90. The Bertz CT molecular complexity index is 552. The highest BCUT2D eigenvalue weighted by molar-refractivity contribution is 5.35. The number of benzene rings is 1. The van der Waals surface area contributed by atoms with E-state index in [2.05, 4.69) is 47.6 Å². The van der Waals surface area contributed by atoms with Crippen LogP contribution in [0.5, 0.6) is 5.88 Å². The molecular weight excluding hydrogens is 238 g/mol. The molecule has 0 radical (unpaired) electrons. The second-order valence-corrected chi connectivity index (χ2v) is 4.57. The van der Waals surface area contributed by atoms with Crippen molar-refractivity contribution in [3.05, 3.63) is 52.7 Å². The minimum absolute atomic E-state index is 0.0395. The fourth-order valence-electron chi connectivity index (χ4n) is 2.02. The molecule has 19 heavy (non-hydrogen) atoms. The summed E-state index contributed by atoms with van der Waals surface area (Å²) in [5, 5.41) is 11.5. The lowest BCUT2D eigenvalue weighted by Gasteiger charge is -2.17.